The second kappa shape index (κ2) is 8.57. The number of H-pyrrole nitrogens is 1. The van der Waals surface area contributed by atoms with Crippen molar-refractivity contribution in [1.29, 1.82) is 0 Å². The molecule has 0 aliphatic heterocycles. The normalized spacial score (nSPS) is 10.4. The minimum atomic E-state index is -0.198. The molecule has 1 heterocycles. The van der Waals surface area contributed by atoms with E-state index in [4.69, 9.17) is 9.47 Å². The molecule has 1 amide bonds. The number of ether oxygens (including phenoxy) is 2. The molecule has 0 unspecified atom stereocenters. The van der Waals surface area contributed by atoms with Crippen LogP contribution in [0.1, 0.15) is 17.7 Å². The van der Waals surface area contributed by atoms with Crippen LogP contribution in [-0.2, 0) is 11.2 Å². The molecule has 134 valence electrons. The van der Waals surface area contributed by atoms with Crippen LogP contribution in [0.2, 0.25) is 0 Å². The standard InChI is InChI=1S/C17H21N3O4S/c1-10-12(16(22)20-17(18-10)25-4)6-8-15(21)19-11-5-7-13(23-2)14(9-11)24-3/h5,7,9H,6,8H2,1-4H3,(H,19,21)(H,18,20,22). The Morgan fingerprint density at radius 3 is 2.60 bits per heavy atom. The van der Waals surface area contributed by atoms with Gasteiger partial charge in [-0.05, 0) is 31.7 Å². The van der Waals surface area contributed by atoms with Crippen molar-refractivity contribution in [3.63, 3.8) is 0 Å². The molecule has 0 bridgehead atoms. The van der Waals surface area contributed by atoms with E-state index in [-0.39, 0.29) is 17.9 Å². The lowest BCUT2D eigenvalue weighted by molar-refractivity contribution is -0.116. The van der Waals surface area contributed by atoms with Crippen LogP contribution in [0, 0.1) is 6.92 Å². The Morgan fingerprint density at radius 2 is 2.00 bits per heavy atom. The first kappa shape index (κ1) is 18.9. The Bertz CT molecular complexity index is 820. The van der Waals surface area contributed by atoms with Gasteiger partial charge in [-0.2, -0.15) is 0 Å². The smallest absolute Gasteiger partial charge is 0.254 e. The number of hydrogen-bond acceptors (Lipinski definition) is 6. The van der Waals surface area contributed by atoms with Crippen molar-refractivity contribution in [2.24, 2.45) is 0 Å². The maximum absolute atomic E-state index is 12.2. The number of benzene rings is 1. The summed E-state index contributed by atoms with van der Waals surface area (Å²) < 4.78 is 10.4. The molecule has 25 heavy (non-hydrogen) atoms. The van der Waals surface area contributed by atoms with Gasteiger partial charge in [0.05, 0.1) is 14.2 Å². The highest BCUT2D eigenvalue weighted by Crippen LogP contribution is 2.29. The molecule has 0 fully saturated rings. The Balaban J connectivity index is 2.03. The summed E-state index contributed by atoms with van der Waals surface area (Å²) in [7, 11) is 3.08. The number of thioether (sulfide) groups is 1. The fourth-order valence-electron chi connectivity index (χ4n) is 2.35. The molecule has 0 saturated carbocycles. The number of methoxy groups -OCH3 is 2. The monoisotopic (exact) mass is 363 g/mol. The number of nitrogens with zero attached hydrogens (tertiary/aromatic N) is 1. The van der Waals surface area contributed by atoms with Gasteiger partial charge in [0, 0.05) is 29.4 Å². The molecule has 7 nitrogen and oxygen atoms in total. The lowest BCUT2D eigenvalue weighted by atomic mass is 10.1. The van der Waals surface area contributed by atoms with Gasteiger partial charge in [-0.3, -0.25) is 9.59 Å². The Hall–Kier alpha value is -2.48. The highest BCUT2D eigenvalue weighted by molar-refractivity contribution is 7.98. The van der Waals surface area contributed by atoms with Crippen molar-refractivity contribution >= 4 is 23.4 Å². The molecule has 0 spiro atoms. The quantitative estimate of drug-likeness (QED) is 0.579. The van der Waals surface area contributed by atoms with E-state index in [1.54, 1.807) is 32.2 Å². The molecule has 1 aromatic heterocycles. The first-order valence-corrected chi connectivity index (χ1v) is 8.86. The van der Waals surface area contributed by atoms with Gasteiger partial charge in [0.25, 0.3) is 5.56 Å². The molecule has 8 heteroatoms. The third kappa shape index (κ3) is 4.76. The molecular weight excluding hydrogens is 342 g/mol. The fraction of sp³-hybridized carbons (Fsp3) is 0.353. The van der Waals surface area contributed by atoms with Gasteiger partial charge >= 0.3 is 0 Å². The summed E-state index contributed by atoms with van der Waals surface area (Å²) in [6.45, 7) is 1.77. The molecule has 0 saturated heterocycles. The molecule has 2 aromatic rings. The largest absolute Gasteiger partial charge is 0.493 e. The highest BCUT2D eigenvalue weighted by atomic mass is 32.2. The number of aryl methyl sites for hydroxylation is 1. The Labute approximate surface area is 150 Å². The summed E-state index contributed by atoms with van der Waals surface area (Å²) in [6, 6.07) is 5.13. The van der Waals surface area contributed by atoms with Gasteiger partial charge in [-0.25, -0.2) is 4.98 Å². The number of aromatic nitrogens is 2. The minimum absolute atomic E-state index is 0.179. The maximum Gasteiger partial charge on any atom is 0.254 e. The van der Waals surface area contributed by atoms with E-state index in [2.05, 4.69) is 15.3 Å². The molecule has 0 aliphatic carbocycles. The number of amides is 1. The summed E-state index contributed by atoms with van der Waals surface area (Å²) in [6.07, 6.45) is 2.34. The van der Waals surface area contributed by atoms with Gasteiger partial charge in [0.15, 0.2) is 16.7 Å². The number of anilines is 1. The molecule has 0 atom stereocenters. The van der Waals surface area contributed by atoms with Crippen LogP contribution < -0.4 is 20.3 Å². The number of aromatic amines is 1. The minimum Gasteiger partial charge on any atom is -0.493 e. The van der Waals surface area contributed by atoms with Crippen LogP contribution in [-0.4, -0.2) is 36.4 Å². The van der Waals surface area contributed by atoms with Crippen molar-refractivity contribution in [1.82, 2.24) is 9.97 Å². The first-order valence-electron chi connectivity index (χ1n) is 7.64. The van der Waals surface area contributed by atoms with Gasteiger partial charge < -0.3 is 19.8 Å². The molecule has 1 aromatic carbocycles. The average molecular weight is 363 g/mol. The average Bonchev–Trinajstić information content (AvgIpc) is 2.60. The number of hydrogen-bond donors (Lipinski definition) is 2. The van der Waals surface area contributed by atoms with E-state index in [0.29, 0.717) is 40.0 Å². The number of nitrogens with one attached hydrogen (secondary N) is 2. The summed E-state index contributed by atoms with van der Waals surface area (Å²) in [4.78, 5) is 31.2. The summed E-state index contributed by atoms with van der Waals surface area (Å²) in [5.41, 5.74) is 1.58. The van der Waals surface area contributed by atoms with Crippen LogP contribution >= 0.6 is 11.8 Å². The van der Waals surface area contributed by atoms with Crippen molar-refractivity contribution in [3.05, 3.63) is 39.8 Å². The fourth-order valence-corrected chi connectivity index (χ4v) is 2.77. The zero-order chi connectivity index (χ0) is 18.4. The van der Waals surface area contributed by atoms with E-state index in [1.165, 1.54) is 18.9 Å². The van der Waals surface area contributed by atoms with Crippen LogP contribution in [0.3, 0.4) is 0 Å². The third-order valence-corrected chi connectivity index (χ3v) is 4.24. The number of carbonyl (C=O) groups is 1. The van der Waals surface area contributed by atoms with Crippen molar-refractivity contribution in [2.75, 3.05) is 25.8 Å². The predicted octanol–water partition coefficient (Wildman–Crippen LogP) is 2.39. The second-order valence-corrected chi connectivity index (χ2v) is 6.05. The molecule has 2 rings (SSSR count). The number of carbonyl (C=O) groups excluding carboxylic acids is 1. The van der Waals surface area contributed by atoms with Crippen molar-refractivity contribution < 1.29 is 14.3 Å². The van der Waals surface area contributed by atoms with E-state index in [9.17, 15) is 9.59 Å². The lowest BCUT2D eigenvalue weighted by Gasteiger charge is -2.11. The Morgan fingerprint density at radius 1 is 1.28 bits per heavy atom. The Kier molecular flexibility index (Phi) is 6.46. The van der Waals surface area contributed by atoms with Gasteiger partial charge in [-0.15, -0.1) is 0 Å². The maximum atomic E-state index is 12.2. The van der Waals surface area contributed by atoms with E-state index >= 15 is 0 Å². The summed E-state index contributed by atoms with van der Waals surface area (Å²) >= 11 is 1.37. The van der Waals surface area contributed by atoms with Crippen LogP contribution in [0.15, 0.2) is 28.2 Å². The molecule has 0 radical (unpaired) electrons. The molecule has 2 N–H and O–H groups in total. The number of rotatable bonds is 7. The van der Waals surface area contributed by atoms with E-state index in [0.717, 1.165) is 0 Å². The van der Waals surface area contributed by atoms with E-state index < -0.39 is 0 Å². The third-order valence-electron chi connectivity index (χ3n) is 3.66. The SMILES string of the molecule is COc1ccc(NC(=O)CCc2c(C)nc(SC)[nH]c2=O)cc1OC. The van der Waals surface area contributed by atoms with Crippen LogP contribution in [0.25, 0.3) is 0 Å². The van der Waals surface area contributed by atoms with Crippen molar-refractivity contribution in [2.45, 2.75) is 24.9 Å². The first-order chi connectivity index (χ1) is 12.0. The zero-order valence-corrected chi connectivity index (χ0v) is 15.5. The second-order valence-electron chi connectivity index (χ2n) is 5.26. The van der Waals surface area contributed by atoms with Crippen LogP contribution in [0.5, 0.6) is 11.5 Å². The summed E-state index contributed by atoms with van der Waals surface area (Å²) in [5.74, 6) is 0.923. The lowest BCUT2D eigenvalue weighted by Crippen LogP contribution is -2.20. The molecule has 0 aliphatic rings. The van der Waals surface area contributed by atoms with Gasteiger partial charge in [0.1, 0.15) is 0 Å². The molecular formula is C17H21N3O4S. The van der Waals surface area contributed by atoms with Gasteiger partial charge in [-0.1, -0.05) is 11.8 Å². The summed E-state index contributed by atoms with van der Waals surface area (Å²) in [5, 5.41) is 3.36. The highest BCUT2D eigenvalue weighted by Gasteiger charge is 2.12. The van der Waals surface area contributed by atoms with Gasteiger partial charge in [0.2, 0.25) is 5.91 Å². The topological polar surface area (TPSA) is 93.3 Å². The predicted molar refractivity (Wildman–Crippen MR) is 97.9 cm³/mol. The zero-order valence-electron chi connectivity index (χ0n) is 14.6. The van der Waals surface area contributed by atoms with E-state index in [1.807, 2.05) is 6.26 Å². The van der Waals surface area contributed by atoms with Crippen LogP contribution in [0.4, 0.5) is 5.69 Å². The van der Waals surface area contributed by atoms with Crippen molar-refractivity contribution in [3.8, 4) is 11.5 Å².